The number of amides is 1. The van der Waals surface area contributed by atoms with Crippen LogP contribution in [0.1, 0.15) is 38.1 Å². The molecule has 0 spiro atoms. The number of nitrogens with one attached hydrogen (secondary N) is 1. The minimum absolute atomic E-state index is 0.0156. The summed E-state index contributed by atoms with van der Waals surface area (Å²) in [6, 6.07) is 1.98. The maximum atomic E-state index is 12.7. The molecule has 4 nitrogen and oxygen atoms in total. The van der Waals surface area contributed by atoms with Crippen molar-refractivity contribution in [3.63, 3.8) is 0 Å². The minimum atomic E-state index is 0.0156. The Morgan fingerprint density at radius 1 is 1.42 bits per heavy atom. The number of carbonyl (C=O) groups is 1. The quantitative estimate of drug-likeness (QED) is 0.901. The van der Waals surface area contributed by atoms with Crippen LogP contribution in [0.3, 0.4) is 0 Å². The molecule has 0 aliphatic heterocycles. The highest BCUT2D eigenvalue weighted by atomic mass is 79.9. The van der Waals surface area contributed by atoms with Crippen molar-refractivity contribution in [2.75, 3.05) is 18.9 Å². The van der Waals surface area contributed by atoms with E-state index in [2.05, 4.69) is 40.1 Å². The molecular weight excluding hydrogens is 306 g/mol. The molecule has 1 aromatic heterocycles. The first-order valence-electron chi connectivity index (χ1n) is 6.51. The van der Waals surface area contributed by atoms with Gasteiger partial charge in [-0.1, -0.05) is 13.8 Å². The Bertz CT molecular complexity index is 446. The number of hydrogen-bond acceptors (Lipinski definition) is 3. The van der Waals surface area contributed by atoms with E-state index in [0.29, 0.717) is 17.3 Å². The lowest BCUT2D eigenvalue weighted by Gasteiger charge is -2.29. The van der Waals surface area contributed by atoms with E-state index >= 15 is 0 Å². The van der Waals surface area contributed by atoms with Crippen molar-refractivity contribution in [3.05, 3.63) is 22.3 Å². The van der Waals surface area contributed by atoms with Gasteiger partial charge >= 0.3 is 0 Å². The molecule has 0 unspecified atom stereocenters. The van der Waals surface area contributed by atoms with E-state index in [0.717, 1.165) is 11.0 Å². The Labute approximate surface area is 123 Å². The normalized spacial score (nSPS) is 10.9. The van der Waals surface area contributed by atoms with E-state index in [4.69, 9.17) is 0 Å². The van der Waals surface area contributed by atoms with Crippen molar-refractivity contribution in [2.45, 2.75) is 33.7 Å². The van der Waals surface area contributed by atoms with Crippen LogP contribution in [-0.2, 0) is 0 Å². The van der Waals surface area contributed by atoms with E-state index < -0.39 is 0 Å². The first-order valence-corrected chi connectivity index (χ1v) is 7.30. The van der Waals surface area contributed by atoms with Crippen molar-refractivity contribution >= 4 is 27.7 Å². The predicted molar refractivity (Wildman–Crippen MR) is 82.5 cm³/mol. The van der Waals surface area contributed by atoms with Crippen molar-refractivity contribution < 1.29 is 4.79 Å². The molecule has 1 N–H and O–H groups in total. The van der Waals surface area contributed by atoms with Crippen molar-refractivity contribution in [1.29, 1.82) is 0 Å². The van der Waals surface area contributed by atoms with Gasteiger partial charge in [-0.2, -0.15) is 0 Å². The van der Waals surface area contributed by atoms with Crippen LogP contribution < -0.4 is 5.32 Å². The van der Waals surface area contributed by atoms with Crippen molar-refractivity contribution in [1.82, 2.24) is 9.88 Å². The van der Waals surface area contributed by atoms with Gasteiger partial charge in [-0.25, -0.2) is 4.98 Å². The van der Waals surface area contributed by atoms with Crippen LogP contribution in [0.2, 0.25) is 0 Å². The number of hydrogen-bond donors (Lipinski definition) is 1. The van der Waals surface area contributed by atoms with Crippen LogP contribution in [0.4, 0.5) is 5.82 Å². The first kappa shape index (κ1) is 16.0. The monoisotopic (exact) mass is 327 g/mol. The third-order valence-corrected chi connectivity index (χ3v) is 3.20. The summed E-state index contributed by atoms with van der Waals surface area (Å²) in [6.45, 7) is 9.03. The molecule has 1 aromatic rings. The molecule has 0 saturated heterocycles. The average molecular weight is 328 g/mol. The standard InChI is InChI=1S/C14H22BrN3O/c1-9(2)8-18(10(3)4)14(19)12-6-11(15)7-17-13(12)16-5/h6-7,9-10H,8H2,1-5H3,(H,16,17). The molecule has 1 rings (SSSR count). The zero-order valence-corrected chi connectivity index (χ0v) is 13.8. The Kier molecular flexibility index (Phi) is 5.79. The van der Waals surface area contributed by atoms with Gasteiger partial charge in [-0.05, 0) is 41.8 Å². The van der Waals surface area contributed by atoms with Crippen molar-refractivity contribution in [3.8, 4) is 0 Å². The molecule has 5 heteroatoms. The van der Waals surface area contributed by atoms with Crippen LogP contribution in [-0.4, -0.2) is 35.4 Å². The third kappa shape index (κ3) is 4.20. The van der Waals surface area contributed by atoms with Gasteiger partial charge < -0.3 is 10.2 Å². The molecule has 19 heavy (non-hydrogen) atoms. The van der Waals surface area contributed by atoms with Gasteiger partial charge in [0, 0.05) is 30.3 Å². The fourth-order valence-electron chi connectivity index (χ4n) is 1.88. The highest BCUT2D eigenvalue weighted by molar-refractivity contribution is 9.10. The van der Waals surface area contributed by atoms with Crippen LogP contribution >= 0.6 is 15.9 Å². The largest absolute Gasteiger partial charge is 0.372 e. The molecule has 0 aliphatic rings. The molecule has 0 radical (unpaired) electrons. The molecule has 0 fully saturated rings. The summed E-state index contributed by atoms with van der Waals surface area (Å²) >= 11 is 3.37. The summed E-state index contributed by atoms with van der Waals surface area (Å²) in [5, 5.41) is 2.97. The van der Waals surface area contributed by atoms with E-state index in [-0.39, 0.29) is 11.9 Å². The number of nitrogens with zero attached hydrogens (tertiary/aromatic N) is 2. The van der Waals surface area contributed by atoms with Gasteiger partial charge in [0.15, 0.2) is 0 Å². The number of aromatic nitrogens is 1. The van der Waals surface area contributed by atoms with Crippen LogP contribution in [0.5, 0.6) is 0 Å². The van der Waals surface area contributed by atoms with E-state index in [1.165, 1.54) is 0 Å². The van der Waals surface area contributed by atoms with Crippen LogP contribution in [0.15, 0.2) is 16.7 Å². The number of rotatable bonds is 5. The molecule has 0 saturated carbocycles. The highest BCUT2D eigenvalue weighted by Crippen LogP contribution is 2.21. The van der Waals surface area contributed by atoms with E-state index in [1.807, 2.05) is 24.8 Å². The summed E-state index contributed by atoms with van der Waals surface area (Å²) < 4.78 is 0.808. The third-order valence-electron chi connectivity index (χ3n) is 2.77. The summed E-state index contributed by atoms with van der Waals surface area (Å²) in [6.07, 6.45) is 1.69. The van der Waals surface area contributed by atoms with Gasteiger partial charge in [0.2, 0.25) is 0 Å². The number of carbonyl (C=O) groups excluding carboxylic acids is 1. The summed E-state index contributed by atoms with van der Waals surface area (Å²) in [4.78, 5) is 18.8. The predicted octanol–water partition coefficient (Wildman–Crippen LogP) is 3.39. The SMILES string of the molecule is CNc1ncc(Br)cc1C(=O)N(CC(C)C)C(C)C. The summed E-state index contributed by atoms with van der Waals surface area (Å²) in [5.41, 5.74) is 0.603. The zero-order valence-electron chi connectivity index (χ0n) is 12.2. The number of halogens is 1. The minimum Gasteiger partial charge on any atom is -0.372 e. The second-order valence-electron chi connectivity index (χ2n) is 5.24. The van der Waals surface area contributed by atoms with E-state index in [1.54, 1.807) is 13.2 Å². The van der Waals surface area contributed by atoms with Crippen molar-refractivity contribution in [2.24, 2.45) is 5.92 Å². The van der Waals surface area contributed by atoms with Gasteiger partial charge in [0.05, 0.1) is 5.56 Å². The molecular formula is C14H22BrN3O. The molecule has 0 aliphatic carbocycles. The lowest BCUT2D eigenvalue weighted by molar-refractivity contribution is 0.0682. The molecule has 0 bridgehead atoms. The highest BCUT2D eigenvalue weighted by Gasteiger charge is 2.22. The van der Waals surface area contributed by atoms with Gasteiger partial charge in [-0.3, -0.25) is 4.79 Å². The van der Waals surface area contributed by atoms with E-state index in [9.17, 15) is 4.79 Å². The Morgan fingerprint density at radius 3 is 2.53 bits per heavy atom. The van der Waals surface area contributed by atoms with Gasteiger partial charge in [0.25, 0.3) is 5.91 Å². The van der Waals surface area contributed by atoms with Gasteiger partial charge in [0.1, 0.15) is 5.82 Å². The maximum Gasteiger partial charge on any atom is 0.257 e. The lowest BCUT2D eigenvalue weighted by atomic mass is 10.1. The summed E-state index contributed by atoms with van der Waals surface area (Å²) in [7, 11) is 1.77. The smallest absolute Gasteiger partial charge is 0.257 e. The summed E-state index contributed by atoms with van der Waals surface area (Å²) in [5.74, 6) is 1.06. The van der Waals surface area contributed by atoms with Crippen LogP contribution in [0, 0.1) is 5.92 Å². The molecule has 0 aromatic carbocycles. The fraction of sp³-hybridized carbons (Fsp3) is 0.571. The molecule has 106 valence electrons. The Hall–Kier alpha value is -1.10. The molecule has 1 heterocycles. The first-order chi connectivity index (χ1) is 8.86. The molecule has 0 atom stereocenters. The average Bonchev–Trinajstić information content (AvgIpc) is 2.34. The second-order valence-corrected chi connectivity index (χ2v) is 6.16. The zero-order chi connectivity index (χ0) is 14.6. The number of anilines is 1. The second kappa shape index (κ2) is 6.89. The maximum absolute atomic E-state index is 12.7. The Balaban J connectivity index is 3.12. The fourth-order valence-corrected chi connectivity index (χ4v) is 2.21. The Morgan fingerprint density at radius 2 is 2.05 bits per heavy atom. The topological polar surface area (TPSA) is 45.2 Å². The number of pyridine rings is 1. The molecule has 1 amide bonds. The van der Waals surface area contributed by atoms with Gasteiger partial charge in [-0.15, -0.1) is 0 Å². The van der Waals surface area contributed by atoms with Crippen LogP contribution in [0.25, 0.3) is 0 Å². The lowest BCUT2D eigenvalue weighted by Crippen LogP contribution is -2.39.